The van der Waals surface area contributed by atoms with Gasteiger partial charge in [0.15, 0.2) is 0 Å². The molecule has 10 heteroatoms. The molecule has 0 aromatic heterocycles. The van der Waals surface area contributed by atoms with Crippen LogP contribution in [0.1, 0.15) is 0 Å². The van der Waals surface area contributed by atoms with Crippen molar-refractivity contribution in [3.05, 3.63) is 0 Å². The minimum Gasteiger partial charge on any atom is -0.262 e. The number of nitrogens with zero attached hydrogens (tertiary/aromatic N) is 1. The van der Waals surface area contributed by atoms with Gasteiger partial charge in [-0.25, -0.2) is 5.84 Å². The van der Waals surface area contributed by atoms with Crippen molar-refractivity contribution in [1.82, 2.24) is 5.01 Å². The molecular formula is C4H2F6N2O2. The van der Waals surface area contributed by atoms with Crippen LogP contribution in [0.5, 0.6) is 0 Å². The van der Waals surface area contributed by atoms with E-state index in [0.29, 0.717) is 0 Å². The average molecular weight is 224 g/mol. The standard InChI is InChI=1S/C4H2F6N2O2/c5-3(6,7)1(13)12(11)2(14)4(8,9)10/h11H2. The van der Waals surface area contributed by atoms with Crippen molar-refractivity contribution in [3.8, 4) is 0 Å². The Kier molecular flexibility index (Phi) is 3.12. The van der Waals surface area contributed by atoms with Gasteiger partial charge in [0.25, 0.3) is 0 Å². The lowest BCUT2D eigenvalue weighted by molar-refractivity contribution is -0.204. The van der Waals surface area contributed by atoms with Gasteiger partial charge in [0.2, 0.25) is 0 Å². The van der Waals surface area contributed by atoms with Crippen molar-refractivity contribution in [3.63, 3.8) is 0 Å². The summed E-state index contributed by atoms with van der Waals surface area (Å²) in [5.41, 5.74) is 0. The number of amides is 2. The van der Waals surface area contributed by atoms with Crippen LogP contribution in [-0.4, -0.2) is 29.2 Å². The zero-order valence-electron chi connectivity index (χ0n) is 6.11. The van der Waals surface area contributed by atoms with Crippen LogP contribution in [0.15, 0.2) is 0 Å². The number of alkyl halides is 6. The highest BCUT2D eigenvalue weighted by molar-refractivity contribution is 5.99. The van der Waals surface area contributed by atoms with Crippen LogP contribution in [0.2, 0.25) is 0 Å². The Labute approximate surface area is 72.2 Å². The van der Waals surface area contributed by atoms with Crippen LogP contribution < -0.4 is 5.84 Å². The van der Waals surface area contributed by atoms with Gasteiger partial charge in [0.05, 0.1) is 0 Å². The van der Waals surface area contributed by atoms with Crippen molar-refractivity contribution in [2.45, 2.75) is 12.4 Å². The molecule has 0 aromatic carbocycles. The highest BCUT2D eigenvalue weighted by Gasteiger charge is 2.51. The molecular weight excluding hydrogens is 222 g/mol. The van der Waals surface area contributed by atoms with Crippen molar-refractivity contribution >= 4 is 11.8 Å². The molecule has 0 spiro atoms. The summed E-state index contributed by atoms with van der Waals surface area (Å²) in [5, 5.41) is -1.53. The first-order valence-electron chi connectivity index (χ1n) is 2.75. The Hall–Kier alpha value is -1.32. The van der Waals surface area contributed by atoms with Crippen LogP contribution >= 0.6 is 0 Å². The van der Waals surface area contributed by atoms with Crippen LogP contribution in [0.4, 0.5) is 26.3 Å². The van der Waals surface area contributed by atoms with Crippen LogP contribution in [0, 0.1) is 0 Å². The molecule has 0 atom stereocenters. The molecule has 0 aromatic rings. The molecule has 2 amide bonds. The van der Waals surface area contributed by atoms with Gasteiger partial charge < -0.3 is 0 Å². The number of carbonyl (C=O) groups is 2. The maximum atomic E-state index is 11.5. The van der Waals surface area contributed by atoms with E-state index in [2.05, 4.69) is 5.84 Å². The van der Waals surface area contributed by atoms with E-state index >= 15 is 0 Å². The fraction of sp³-hybridized carbons (Fsp3) is 0.500. The van der Waals surface area contributed by atoms with Crippen molar-refractivity contribution in [2.75, 3.05) is 0 Å². The Balaban J connectivity index is 4.74. The highest BCUT2D eigenvalue weighted by Crippen LogP contribution is 2.21. The predicted octanol–water partition coefficient (Wildman–Crippen LogP) is 0.340. The Bertz CT molecular complexity index is 230. The van der Waals surface area contributed by atoms with Gasteiger partial charge >= 0.3 is 24.2 Å². The lowest BCUT2D eigenvalue weighted by atomic mass is 10.5. The number of hydrogen-bond acceptors (Lipinski definition) is 3. The minimum absolute atomic E-state index is 1.53. The number of imide groups is 1. The van der Waals surface area contributed by atoms with Crippen LogP contribution in [0.25, 0.3) is 0 Å². The summed E-state index contributed by atoms with van der Waals surface area (Å²) >= 11 is 0. The first kappa shape index (κ1) is 12.7. The summed E-state index contributed by atoms with van der Waals surface area (Å²) in [4.78, 5) is 20.0. The van der Waals surface area contributed by atoms with Crippen molar-refractivity contribution in [1.29, 1.82) is 0 Å². The third-order valence-corrected chi connectivity index (χ3v) is 0.923. The monoisotopic (exact) mass is 224 g/mol. The van der Waals surface area contributed by atoms with Crippen molar-refractivity contribution < 1.29 is 35.9 Å². The fourth-order valence-electron chi connectivity index (χ4n) is 0.365. The molecule has 0 rings (SSSR count). The van der Waals surface area contributed by atoms with E-state index in [1.807, 2.05) is 0 Å². The molecule has 2 N–H and O–H groups in total. The number of hydrazine groups is 1. The molecule has 0 fully saturated rings. The molecule has 0 aliphatic heterocycles. The van der Waals surface area contributed by atoms with E-state index < -0.39 is 29.2 Å². The molecule has 14 heavy (non-hydrogen) atoms. The summed E-state index contributed by atoms with van der Waals surface area (Å²) in [6, 6.07) is 0. The van der Waals surface area contributed by atoms with Gasteiger partial charge in [-0.3, -0.25) is 9.59 Å². The maximum absolute atomic E-state index is 11.5. The zero-order chi connectivity index (χ0) is 11.7. The zero-order valence-corrected chi connectivity index (χ0v) is 6.11. The topological polar surface area (TPSA) is 63.4 Å². The number of carbonyl (C=O) groups excluding carboxylic acids is 2. The maximum Gasteiger partial charge on any atom is 0.473 e. The predicted molar refractivity (Wildman–Crippen MR) is 28.2 cm³/mol. The van der Waals surface area contributed by atoms with E-state index in [9.17, 15) is 35.9 Å². The summed E-state index contributed by atoms with van der Waals surface area (Å²) in [7, 11) is 0. The molecule has 0 aliphatic carbocycles. The molecule has 0 radical (unpaired) electrons. The molecule has 82 valence electrons. The molecule has 0 aliphatic rings. The average Bonchev–Trinajstić information content (AvgIpc) is 1.97. The Morgan fingerprint density at radius 3 is 1.21 bits per heavy atom. The molecule has 4 nitrogen and oxygen atoms in total. The van der Waals surface area contributed by atoms with E-state index in [1.165, 1.54) is 0 Å². The third kappa shape index (κ3) is 2.87. The summed E-state index contributed by atoms with van der Waals surface area (Å²) in [5.74, 6) is -2.14. The summed E-state index contributed by atoms with van der Waals surface area (Å²) in [6.45, 7) is 0. The lowest BCUT2D eigenvalue weighted by Crippen LogP contribution is -2.53. The minimum atomic E-state index is -5.63. The smallest absolute Gasteiger partial charge is 0.262 e. The number of rotatable bonds is 0. The van der Waals surface area contributed by atoms with Gasteiger partial charge in [-0.15, -0.1) is 0 Å². The third-order valence-electron chi connectivity index (χ3n) is 0.923. The summed E-state index contributed by atoms with van der Waals surface area (Å²) in [6.07, 6.45) is -11.3. The SMILES string of the molecule is NN(C(=O)C(F)(F)F)C(=O)C(F)(F)F. The van der Waals surface area contributed by atoms with Crippen LogP contribution in [0.3, 0.4) is 0 Å². The van der Waals surface area contributed by atoms with E-state index in [-0.39, 0.29) is 0 Å². The number of nitrogens with two attached hydrogens (primary N) is 1. The van der Waals surface area contributed by atoms with Gasteiger partial charge in [-0.1, -0.05) is 0 Å². The lowest BCUT2D eigenvalue weighted by Gasteiger charge is -2.17. The Morgan fingerprint density at radius 1 is 0.857 bits per heavy atom. The van der Waals surface area contributed by atoms with E-state index in [0.717, 1.165) is 0 Å². The van der Waals surface area contributed by atoms with Crippen LogP contribution in [-0.2, 0) is 9.59 Å². The van der Waals surface area contributed by atoms with Crippen molar-refractivity contribution in [2.24, 2.45) is 5.84 Å². The highest BCUT2D eigenvalue weighted by atomic mass is 19.4. The number of hydrogen-bond donors (Lipinski definition) is 1. The molecule has 0 heterocycles. The molecule has 0 saturated carbocycles. The van der Waals surface area contributed by atoms with Gasteiger partial charge in [0, 0.05) is 0 Å². The second-order valence-electron chi connectivity index (χ2n) is 1.98. The molecule has 0 bridgehead atoms. The fourth-order valence-corrected chi connectivity index (χ4v) is 0.365. The normalized spacial score (nSPS) is 12.5. The first-order chi connectivity index (χ1) is 5.98. The second kappa shape index (κ2) is 3.44. The molecule has 0 unspecified atom stereocenters. The van der Waals surface area contributed by atoms with Gasteiger partial charge in [-0.05, 0) is 0 Å². The van der Waals surface area contributed by atoms with Gasteiger partial charge in [-0.2, -0.15) is 31.4 Å². The second-order valence-corrected chi connectivity index (χ2v) is 1.98. The van der Waals surface area contributed by atoms with E-state index in [4.69, 9.17) is 0 Å². The van der Waals surface area contributed by atoms with Gasteiger partial charge in [0.1, 0.15) is 0 Å². The number of halogens is 6. The largest absolute Gasteiger partial charge is 0.473 e. The molecule has 0 saturated heterocycles. The Morgan fingerprint density at radius 2 is 1.07 bits per heavy atom. The summed E-state index contributed by atoms with van der Waals surface area (Å²) < 4.78 is 68.7. The van der Waals surface area contributed by atoms with E-state index in [1.54, 1.807) is 0 Å². The quantitative estimate of drug-likeness (QED) is 0.279. The first-order valence-corrected chi connectivity index (χ1v) is 2.75.